The second kappa shape index (κ2) is 5.93. The van der Waals surface area contributed by atoms with Gasteiger partial charge < -0.3 is 9.53 Å². The Morgan fingerprint density at radius 1 is 0.826 bits per heavy atom. The summed E-state index contributed by atoms with van der Waals surface area (Å²) in [5.41, 5.74) is 1.98. The average molecular weight is 337 g/mol. The first-order valence-corrected chi connectivity index (χ1v) is 11.4. The van der Waals surface area contributed by atoms with Crippen LogP contribution < -0.4 is 5.19 Å². The molecule has 0 amide bonds. The van der Waals surface area contributed by atoms with Crippen LogP contribution in [0.1, 0.15) is 73.4 Å². The molecule has 0 spiro atoms. The van der Waals surface area contributed by atoms with E-state index in [1.165, 1.54) is 5.56 Å². The van der Waals surface area contributed by atoms with Crippen LogP contribution in [-0.2, 0) is 15.3 Å². The molecule has 0 fully saturated rings. The number of hydrogen-bond donors (Lipinski definition) is 1. The predicted molar refractivity (Wildman–Crippen MR) is 103 cm³/mol. The zero-order chi connectivity index (χ0) is 18.4. The average Bonchev–Trinajstić information content (AvgIpc) is 2.21. The summed E-state index contributed by atoms with van der Waals surface area (Å²) in [6, 6.07) is 4.34. The van der Waals surface area contributed by atoms with E-state index in [4.69, 9.17) is 4.43 Å². The molecule has 0 saturated carbocycles. The van der Waals surface area contributed by atoms with Gasteiger partial charge >= 0.3 is 0 Å². The van der Waals surface area contributed by atoms with E-state index in [0.717, 1.165) is 10.8 Å². The van der Waals surface area contributed by atoms with Crippen molar-refractivity contribution in [1.82, 2.24) is 0 Å². The fourth-order valence-electron chi connectivity index (χ4n) is 2.92. The van der Waals surface area contributed by atoms with Crippen LogP contribution in [0.15, 0.2) is 12.1 Å². The molecule has 0 aromatic heterocycles. The van der Waals surface area contributed by atoms with Crippen molar-refractivity contribution in [1.29, 1.82) is 0 Å². The van der Waals surface area contributed by atoms with Crippen LogP contribution in [0.3, 0.4) is 0 Å². The third-order valence-electron chi connectivity index (χ3n) is 3.99. The molecule has 0 aliphatic rings. The molecule has 0 saturated heterocycles. The smallest absolute Gasteiger partial charge is 0.222 e. The van der Waals surface area contributed by atoms with Crippen LogP contribution in [-0.4, -0.2) is 19.0 Å². The minimum Gasteiger partial charge on any atom is -0.508 e. The number of hydrogen-bond acceptors (Lipinski definition) is 2. The zero-order valence-electron chi connectivity index (χ0n) is 17.0. The van der Waals surface area contributed by atoms with Crippen LogP contribution >= 0.6 is 0 Å². The predicted octanol–water partition coefficient (Wildman–Crippen LogP) is 5.21. The molecular formula is C20H36O2Si. The summed E-state index contributed by atoms with van der Waals surface area (Å²) in [5.74, 6) is 0.423. The third kappa shape index (κ3) is 5.08. The van der Waals surface area contributed by atoms with Gasteiger partial charge in [-0.2, -0.15) is 0 Å². The molecule has 0 aliphatic heterocycles. The van der Waals surface area contributed by atoms with Crippen molar-refractivity contribution in [2.24, 2.45) is 0 Å². The lowest BCUT2D eigenvalue weighted by Crippen LogP contribution is -2.50. The Hall–Kier alpha value is -0.803. The van der Waals surface area contributed by atoms with Crippen LogP contribution in [0, 0.1) is 0 Å². The van der Waals surface area contributed by atoms with Gasteiger partial charge in [0, 0.05) is 10.8 Å². The molecule has 132 valence electrons. The summed E-state index contributed by atoms with van der Waals surface area (Å²) in [6.45, 7) is 23.7. The maximum atomic E-state index is 11.0. The van der Waals surface area contributed by atoms with Gasteiger partial charge in [0.15, 0.2) is 0 Å². The van der Waals surface area contributed by atoms with Gasteiger partial charge in [-0.1, -0.05) is 53.7 Å². The summed E-state index contributed by atoms with van der Waals surface area (Å²) in [6.07, 6.45) is 0. The second-order valence-electron chi connectivity index (χ2n) is 10.1. The maximum absolute atomic E-state index is 11.0. The highest BCUT2D eigenvalue weighted by molar-refractivity contribution is 6.85. The standard InChI is InChI=1S/C20H36O2Si/c1-18(2,3)14-12-15(19(4,5)6)17(21)16(13-14)23(10,11)22-20(7,8)9/h12-13,21H,1-11H3. The van der Waals surface area contributed by atoms with E-state index in [1.54, 1.807) is 0 Å². The molecule has 0 aliphatic carbocycles. The van der Waals surface area contributed by atoms with Crippen molar-refractivity contribution in [2.75, 3.05) is 0 Å². The highest BCUT2D eigenvalue weighted by Crippen LogP contribution is 2.35. The van der Waals surface area contributed by atoms with Gasteiger partial charge in [-0.15, -0.1) is 0 Å². The van der Waals surface area contributed by atoms with Gasteiger partial charge in [0.25, 0.3) is 0 Å². The molecule has 0 radical (unpaired) electrons. The fourth-order valence-corrected chi connectivity index (χ4v) is 5.77. The Bertz CT molecular complexity index is 567. The Kier molecular flexibility index (Phi) is 5.22. The topological polar surface area (TPSA) is 29.5 Å². The largest absolute Gasteiger partial charge is 0.508 e. The number of rotatable bonds is 2. The molecule has 3 heteroatoms. The number of aromatic hydroxyl groups is 1. The molecule has 1 aromatic carbocycles. The molecule has 23 heavy (non-hydrogen) atoms. The Morgan fingerprint density at radius 2 is 1.30 bits per heavy atom. The minimum absolute atomic E-state index is 0.0364. The normalized spacial score (nSPS) is 14.2. The third-order valence-corrected chi connectivity index (χ3v) is 6.80. The van der Waals surface area contributed by atoms with E-state index in [1.807, 2.05) is 0 Å². The number of benzene rings is 1. The zero-order valence-corrected chi connectivity index (χ0v) is 18.0. The molecule has 2 nitrogen and oxygen atoms in total. The molecule has 1 rings (SSSR count). The highest BCUT2D eigenvalue weighted by atomic mass is 28.4. The lowest BCUT2D eigenvalue weighted by molar-refractivity contribution is 0.125. The first-order chi connectivity index (χ1) is 9.95. The molecular weight excluding hydrogens is 300 g/mol. The van der Waals surface area contributed by atoms with Crippen LogP contribution in [0.25, 0.3) is 0 Å². The fraction of sp³-hybridized carbons (Fsp3) is 0.700. The first kappa shape index (κ1) is 20.2. The SMILES string of the molecule is CC(C)(C)O[Si](C)(C)c1cc(C(C)(C)C)cc(C(C)(C)C)c1O. The summed E-state index contributed by atoms with van der Waals surface area (Å²) < 4.78 is 6.41. The highest BCUT2D eigenvalue weighted by Gasteiger charge is 2.36. The lowest BCUT2D eigenvalue weighted by atomic mass is 9.80. The van der Waals surface area contributed by atoms with E-state index in [2.05, 4.69) is 87.5 Å². The van der Waals surface area contributed by atoms with Gasteiger partial charge in [-0.05, 0) is 55.8 Å². The summed E-state index contributed by atoms with van der Waals surface area (Å²) >= 11 is 0. The molecule has 1 N–H and O–H groups in total. The molecule has 1 aromatic rings. The van der Waals surface area contributed by atoms with Crippen molar-refractivity contribution >= 4 is 13.5 Å². The van der Waals surface area contributed by atoms with Crippen LogP contribution in [0.2, 0.25) is 13.1 Å². The summed E-state index contributed by atoms with van der Waals surface area (Å²) in [7, 11) is -2.23. The first-order valence-electron chi connectivity index (χ1n) is 8.54. The monoisotopic (exact) mass is 336 g/mol. The lowest BCUT2D eigenvalue weighted by Gasteiger charge is -2.35. The van der Waals surface area contributed by atoms with Crippen molar-refractivity contribution < 1.29 is 9.53 Å². The second-order valence-corrected chi connectivity index (χ2v) is 13.9. The van der Waals surface area contributed by atoms with Crippen LogP contribution in [0.5, 0.6) is 5.75 Å². The van der Waals surface area contributed by atoms with Gasteiger partial charge in [0.2, 0.25) is 8.32 Å². The summed E-state index contributed by atoms with van der Waals surface area (Å²) in [5, 5.41) is 12.0. The van der Waals surface area contributed by atoms with Crippen molar-refractivity contribution in [2.45, 2.75) is 91.8 Å². The van der Waals surface area contributed by atoms with E-state index in [0.29, 0.717) is 5.75 Å². The molecule has 0 atom stereocenters. The molecule has 0 bridgehead atoms. The Morgan fingerprint density at radius 3 is 1.65 bits per heavy atom. The van der Waals surface area contributed by atoms with Gasteiger partial charge in [-0.3, -0.25) is 0 Å². The van der Waals surface area contributed by atoms with Crippen molar-refractivity contribution in [3.8, 4) is 5.75 Å². The molecule has 0 unspecified atom stereocenters. The van der Waals surface area contributed by atoms with E-state index < -0.39 is 8.32 Å². The van der Waals surface area contributed by atoms with E-state index in [9.17, 15) is 5.11 Å². The molecule has 0 heterocycles. The summed E-state index contributed by atoms with van der Waals surface area (Å²) in [4.78, 5) is 0. The van der Waals surface area contributed by atoms with E-state index >= 15 is 0 Å². The number of phenols is 1. The van der Waals surface area contributed by atoms with Gasteiger partial charge in [0.05, 0.1) is 0 Å². The Balaban J connectivity index is 3.65. The quantitative estimate of drug-likeness (QED) is 0.751. The Labute approximate surface area is 144 Å². The van der Waals surface area contributed by atoms with Gasteiger partial charge in [0.1, 0.15) is 5.75 Å². The minimum atomic E-state index is -2.23. The van der Waals surface area contributed by atoms with E-state index in [-0.39, 0.29) is 16.4 Å². The van der Waals surface area contributed by atoms with Crippen molar-refractivity contribution in [3.05, 3.63) is 23.3 Å². The maximum Gasteiger partial charge on any atom is 0.222 e. The van der Waals surface area contributed by atoms with Crippen LogP contribution in [0.4, 0.5) is 0 Å². The number of phenolic OH excluding ortho intramolecular Hbond substituents is 1. The van der Waals surface area contributed by atoms with Crippen molar-refractivity contribution in [3.63, 3.8) is 0 Å². The van der Waals surface area contributed by atoms with Gasteiger partial charge in [-0.25, -0.2) is 0 Å².